The number of nitrogens with one attached hydrogen (secondary N) is 1. The first-order chi connectivity index (χ1) is 10.3. The maximum Gasteiger partial charge on any atom is 0.0980 e. The molecule has 118 valence electrons. The van der Waals surface area contributed by atoms with Crippen LogP contribution in [0.2, 0.25) is 0 Å². The van der Waals surface area contributed by atoms with E-state index in [-0.39, 0.29) is 6.10 Å². The van der Waals surface area contributed by atoms with Crippen molar-refractivity contribution in [1.82, 2.24) is 5.32 Å². The summed E-state index contributed by atoms with van der Waals surface area (Å²) < 4.78 is 6.16. The van der Waals surface area contributed by atoms with Crippen LogP contribution >= 0.6 is 0 Å². The van der Waals surface area contributed by atoms with Crippen LogP contribution in [0.25, 0.3) is 0 Å². The first-order valence-electron chi connectivity index (χ1n) is 8.66. The Kier molecular flexibility index (Phi) is 6.72. The molecular weight excluding hydrogens is 258 g/mol. The van der Waals surface area contributed by atoms with Crippen molar-refractivity contribution in [3.05, 3.63) is 35.9 Å². The lowest BCUT2D eigenvalue weighted by Crippen LogP contribution is -2.43. The minimum absolute atomic E-state index is 0.176. The fourth-order valence-electron chi connectivity index (χ4n) is 3.63. The summed E-state index contributed by atoms with van der Waals surface area (Å²) in [7, 11) is 0. The highest BCUT2D eigenvalue weighted by Crippen LogP contribution is 2.36. The van der Waals surface area contributed by atoms with E-state index in [0.717, 1.165) is 25.0 Å². The van der Waals surface area contributed by atoms with E-state index in [9.17, 15) is 0 Å². The van der Waals surface area contributed by atoms with Gasteiger partial charge in [-0.3, -0.25) is 0 Å². The van der Waals surface area contributed by atoms with Crippen LogP contribution in [0.3, 0.4) is 0 Å². The van der Waals surface area contributed by atoms with Crippen LogP contribution in [0, 0.1) is 11.8 Å². The van der Waals surface area contributed by atoms with E-state index in [1.54, 1.807) is 0 Å². The van der Waals surface area contributed by atoms with Crippen LogP contribution in [-0.4, -0.2) is 19.2 Å². The van der Waals surface area contributed by atoms with Gasteiger partial charge in [0, 0.05) is 12.6 Å². The molecule has 1 aromatic rings. The Labute approximate surface area is 130 Å². The maximum absolute atomic E-state index is 6.16. The second-order valence-electron chi connectivity index (χ2n) is 6.39. The lowest BCUT2D eigenvalue weighted by molar-refractivity contribution is 0.00814. The summed E-state index contributed by atoms with van der Waals surface area (Å²) in [5, 5.41) is 3.73. The van der Waals surface area contributed by atoms with Gasteiger partial charge in [0.2, 0.25) is 0 Å². The molecule has 2 atom stereocenters. The van der Waals surface area contributed by atoms with E-state index >= 15 is 0 Å². The smallest absolute Gasteiger partial charge is 0.0980 e. The molecular formula is C19H31NO. The number of rotatable bonds is 7. The molecule has 1 N–H and O–H groups in total. The second kappa shape index (κ2) is 8.55. The van der Waals surface area contributed by atoms with Crippen molar-refractivity contribution in [3.63, 3.8) is 0 Å². The topological polar surface area (TPSA) is 21.3 Å². The second-order valence-corrected chi connectivity index (χ2v) is 6.39. The predicted molar refractivity (Wildman–Crippen MR) is 89.4 cm³/mol. The Bertz CT molecular complexity index is 384. The van der Waals surface area contributed by atoms with Gasteiger partial charge in [0.25, 0.3) is 0 Å². The van der Waals surface area contributed by atoms with E-state index in [0.29, 0.717) is 6.04 Å². The van der Waals surface area contributed by atoms with Crippen LogP contribution in [0.5, 0.6) is 0 Å². The van der Waals surface area contributed by atoms with Crippen LogP contribution in [-0.2, 0) is 4.74 Å². The van der Waals surface area contributed by atoms with E-state index in [4.69, 9.17) is 4.74 Å². The molecule has 0 bridgehead atoms. The number of hydrogen-bond donors (Lipinski definition) is 1. The Morgan fingerprint density at radius 3 is 2.33 bits per heavy atom. The highest BCUT2D eigenvalue weighted by molar-refractivity contribution is 5.19. The zero-order chi connectivity index (χ0) is 15.1. The van der Waals surface area contributed by atoms with Crippen LogP contribution in [0.4, 0.5) is 0 Å². The molecule has 0 aliphatic heterocycles. The highest BCUT2D eigenvalue weighted by Gasteiger charge is 2.32. The average Bonchev–Trinajstić information content (AvgIpc) is 2.53. The maximum atomic E-state index is 6.16. The van der Waals surface area contributed by atoms with E-state index in [1.807, 2.05) is 0 Å². The van der Waals surface area contributed by atoms with Crippen molar-refractivity contribution in [2.75, 3.05) is 13.2 Å². The van der Waals surface area contributed by atoms with Gasteiger partial charge in [0.05, 0.1) is 6.10 Å². The molecule has 1 aliphatic carbocycles. The molecule has 1 fully saturated rings. The third-order valence-electron chi connectivity index (χ3n) is 4.81. The van der Waals surface area contributed by atoms with Gasteiger partial charge in [-0.25, -0.2) is 0 Å². The van der Waals surface area contributed by atoms with Crippen molar-refractivity contribution in [2.24, 2.45) is 11.8 Å². The standard InChI is InChI=1S/C19H31NO/c1-4-20-18(16-13-11-15(3)12-14-16)19(21-5-2)17-9-7-6-8-10-17/h6-10,15-16,18-20H,4-5,11-14H2,1-3H3. The SMILES string of the molecule is CCNC(C1CCC(C)CC1)C(OCC)c1ccccc1. The highest BCUT2D eigenvalue weighted by atomic mass is 16.5. The van der Waals surface area contributed by atoms with Gasteiger partial charge in [-0.2, -0.15) is 0 Å². The molecule has 2 rings (SSSR count). The molecule has 1 aromatic carbocycles. The van der Waals surface area contributed by atoms with Gasteiger partial charge in [-0.1, -0.05) is 57.0 Å². The molecule has 2 unspecified atom stereocenters. The Hall–Kier alpha value is -0.860. The molecule has 21 heavy (non-hydrogen) atoms. The zero-order valence-corrected chi connectivity index (χ0v) is 13.8. The zero-order valence-electron chi connectivity index (χ0n) is 13.8. The summed E-state index contributed by atoms with van der Waals surface area (Å²) >= 11 is 0. The van der Waals surface area contributed by atoms with Gasteiger partial charge in [0.15, 0.2) is 0 Å². The third-order valence-corrected chi connectivity index (χ3v) is 4.81. The molecule has 0 heterocycles. The lowest BCUT2D eigenvalue weighted by Gasteiger charge is -2.38. The number of ether oxygens (including phenoxy) is 1. The van der Waals surface area contributed by atoms with E-state index in [2.05, 4.69) is 56.4 Å². The average molecular weight is 289 g/mol. The largest absolute Gasteiger partial charge is 0.372 e. The molecule has 0 radical (unpaired) electrons. The summed E-state index contributed by atoms with van der Waals surface area (Å²) in [4.78, 5) is 0. The van der Waals surface area contributed by atoms with Crippen molar-refractivity contribution < 1.29 is 4.74 Å². The Morgan fingerprint density at radius 2 is 1.76 bits per heavy atom. The van der Waals surface area contributed by atoms with Crippen molar-refractivity contribution in [1.29, 1.82) is 0 Å². The molecule has 2 heteroatoms. The monoisotopic (exact) mass is 289 g/mol. The van der Waals surface area contributed by atoms with Crippen LogP contribution in [0.15, 0.2) is 30.3 Å². The minimum Gasteiger partial charge on any atom is -0.372 e. The fraction of sp³-hybridized carbons (Fsp3) is 0.684. The normalized spacial score (nSPS) is 25.5. The number of benzene rings is 1. The molecule has 1 aliphatic rings. The summed E-state index contributed by atoms with van der Waals surface area (Å²) in [6, 6.07) is 11.2. The van der Waals surface area contributed by atoms with Gasteiger partial charge in [0.1, 0.15) is 0 Å². The van der Waals surface area contributed by atoms with Crippen LogP contribution in [0.1, 0.15) is 58.1 Å². The molecule has 0 saturated heterocycles. The van der Waals surface area contributed by atoms with Gasteiger partial charge in [-0.05, 0) is 43.7 Å². The first-order valence-corrected chi connectivity index (χ1v) is 8.66. The first kappa shape index (κ1) is 16.5. The molecule has 1 saturated carbocycles. The van der Waals surface area contributed by atoms with Crippen LogP contribution < -0.4 is 5.32 Å². The van der Waals surface area contributed by atoms with Crippen molar-refractivity contribution in [2.45, 2.75) is 58.6 Å². The van der Waals surface area contributed by atoms with E-state index in [1.165, 1.54) is 31.2 Å². The third kappa shape index (κ3) is 4.55. The van der Waals surface area contributed by atoms with E-state index < -0.39 is 0 Å². The summed E-state index contributed by atoms with van der Waals surface area (Å²) in [5.41, 5.74) is 1.31. The molecule has 0 amide bonds. The van der Waals surface area contributed by atoms with Gasteiger partial charge >= 0.3 is 0 Å². The van der Waals surface area contributed by atoms with Gasteiger partial charge < -0.3 is 10.1 Å². The Balaban J connectivity index is 2.16. The number of likely N-dealkylation sites (N-methyl/N-ethyl adjacent to an activating group) is 1. The summed E-state index contributed by atoms with van der Waals surface area (Å²) in [5.74, 6) is 1.63. The molecule has 0 aromatic heterocycles. The van der Waals surface area contributed by atoms with Crippen molar-refractivity contribution in [3.8, 4) is 0 Å². The molecule has 0 spiro atoms. The summed E-state index contributed by atoms with van der Waals surface area (Å²) in [6.07, 6.45) is 5.56. The quantitative estimate of drug-likeness (QED) is 0.794. The van der Waals surface area contributed by atoms with Gasteiger partial charge in [-0.15, -0.1) is 0 Å². The predicted octanol–water partition coefficient (Wildman–Crippen LogP) is 4.57. The van der Waals surface area contributed by atoms with Crippen molar-refractivity contribution >= 4 is 0 Å². The molecule has 2 nitrogen and oxygen atoms in total. The Morgan fingerprint density at radius 1 is 1.10 bits per heavy atom. The summed E-state index contributed by atoms with van der Waals surface area (Å²) in [6.45, 7) is 8.46. The fourth-order valence-corrected chi connectivity index (χ4v) is 3.63. The number of hydrogen-bond acceptors (Lipinski definition) is 2. The minimum atomic E-state index is 0.176. The lowest BCUT2D eigenvalue weighted by atomic mass is 9.76.